The number of rotatable bonds is 5. The summed E-state index contributed by atoms with van der Waals surface area (Å²) < 4.78 is 5.62. The lowest BCUT2D eigenvalue weighted by atomic mass is 10.3. The molecule has 2 nitrogen and oxygen atoms in total. The maximum atomic E-state index is 6.13. The van der Waals surface area contributed by atoms with E-state index in [0.717, 1.165) is 27.0 Å². The van der Waals surface area contributed by atoms with Crippen LogP contribution in [0.4, 0.5) is 5.69 Å². The minimum absolute atomic E-state index is 0.680. The van der Waals surface area contributed by atoms with Crippen LogP contribution < -0.4 is 10.5 Å². The van der Waals surface area contributed by atoms with E-state index in [1.165, 1.54) is 0 Å². The van der Waals surface area contributed by atoms with Gasteiger partial charge in [-0.15, -0.1) is 0 Å². The van der Waals surface area contributed by atoms with Crippen LogP contribution in [0, 0.1) is 0 Å². The molecular formula is C15H16ClNOS. The summed E-state index contributed by atoms with van der Waals surface area (Å²) in [6, 6.07) is 13.6. The molecule has 0 unspecified atom stereocenters. The monoisotopic (exact) mass is 293 g/mol. The third kappa shape index (κ3) is 3.82. The molecule has 19 heavy (non-hydrogen) atoms. The van der Waals surface area contributed by atoms with Gasteiger partial charge in [0.15, 0.2) is 0 Å². The quantitative estimate of drug-likeness (QED) is 0.799. The highest BCUT2D eigenvalue weighted by atomic mass is 35.5. The van der Waals surface area contributed by atoms with Crippen molar-refractivity contribution in [2.45, 2.75) is 23.1 Å². The van der Waals surface area contributed by atoms with Gasteiger partial charge in [-0.1, -0.05) is 36.4 Å². The van der Waals surface area contributed by atoms with Gasteiger partial charge in [-0.05, 0) is 42.8 Å². The summed E-state index contributed by atoms with van der Waals surface area (Å²) in [4.78, 5) is 2.10. The maximum absolute atomic E-state index is 6.13. The van der Waals surface area contributed by atoms with Crippen molar-refractivity contribution in [3.05, 3.63) is 47.5 Å². The van der Waals surface area contributed by atoms with E-state index < -0.39 is 0 Å². The summed E-state index contributed by atoms with van der Waals surface area (Å²) in [5.74, 6) is 0.751. The van der Waals surface area contributed by atoms with E-state index in [1.807, 2.05) is 42.5 Å². The van der Waals surface area contributed by atoms with Crippen LogP contribution in [0.25, 0.3) is 0 Å². The molecule has 2 N–H and O–H groups in total. The number of anilines is 1. The van der Waals surface area contributed by atoms with Crippen LogP contribution in [0.5, 0.6) is 5.75 Å². The van der Waals surface area contributed by atoms with Crippen molar-refractivity contribution in [2.75, 3.05) is 12.3 Å². The third-order valence-electron chi connectivity index (χ3n) is 2.53. The first-order chi connectivity index (χ1) is 9.20. The highest BCUT2D eigenvalue weighted by Gasteiger charge is 2.07. The second kappa shape index (κ2) is 6.73. The minimum atomic E-state index is 0.680. The summed E-state index contributed by atoms with van der Waals surface area (Å²) in [7, 11) is 0. The Morgan fingerprint density at radius 2 is 1.89 bits per heavy atom. The molecule has 0 atom stereocenters. The molecule has 4 heteroatoms. The molecule has 2 aromatic rings. The fraction of sp³-hybridized carbons (Fsp3) is 0.200. The fourth-order valence-electron chi connectivity index (χ4n) is 1.58. The zero-order valence-corrected chi connectivity index (χ0v) is 12.3. The predicted octanol–water partition coefficient (Wildman–Crippen LogP) is 4.86. The van der Waals surface area contributed by atoms with Gasteiger partial charge in [0.05, 0.1) is 12.3 Å². The van der Waals surface area contributed by atoms with Gasteiger partial charge in [0, 0.05) is 14.8 Å². The number of halogens is 1. The number of benzene rings is 2. The summed E-state index contributed by atoms with van der Waals surface area (Å²) in [5, 5.41) is 0.734. The van der Waals surface area contributed by atoms with Crippen LogP contribution in [0.1, 0.15) is 13.3 Å². The summed E-state index contributed by atoms with van der Waals surface area (Å²) in [6.45, 7) is 2.75. The highest BCUT2D eigenvalue weighted by molar-refractivity contribution is 7.99. The highest BCUT2D eigenvalue weighted by Crippen LogP contribution is 2.37. The first-order valence-corrected chi connectivity index (χ1v) is 7.35. The topological polar surface area (TPSA) is 35.2 Å². The molecule has 100 valence electrons. The van der Waals surface area contributed by atoms with E-state index >= 15 is 0 Å². The minimum Gasteiger partial charge on any atom is -0.491 e. The van der Waals surface area contributed by atoms with Crippen LogP contribution in [0.2, 0.25) is 5.02 Å². The fourth-order valence-corrected chi connectivity index (χ4v) is 2.59. The predicted molar refractivity (Wildman–Crippen MR) is 82.2 cm³/mol. The van der Waals surface area contributed by atoms with Crippen LogP contribution in [0.15, 0.2) is 52.3 Å². The van der Waals surface area contributed by atoms with Gasteiger partial charge in [-0.2, -0.15) is 0 Å². The molecule has 0 radical (unpaired) electrons. The number of ether oxygens (including phenoxy) is 1. The standard InChI is InChI=1S/C15H16ClNOS/c1-2-10-18-13-4-3-5-14(15(13)17)19-12-8-6-11(16)7-9-12/h3-9H,2,10,17H2,1H3. The molecule has 2 aromatic carbocycles. The Bertz CT molecular complexity index is 542. The zero-order valence-electron chi connectivity index (χ0n) is 10.7. The normalized spacial score (nSPS) is 10.4. The van der Waals surface area contributed by atoms with Crippen molar-refractivity contribution in [2.24, 2.45) is 0 Å². The van der Waals surface area contributed by atoms with Crippen molar-refractivity contribution in [1.82, 2.24) is 0 Å². The Labute approximate surface area is 122 Å². The number of hydrogen-bond donors (Lipinski definition) is 1. The lowest BCUT2D eigenvalue weighted by Gasteiger charge is -2.11. The van der Waals surface area contributed by atoms with E-state index in [1.54, 1.807) is 11.8 Å². The molecule has 0 saturated carbocycles. The largest absolute Gasteiger partial charge is 0.491 e. The van der Waals surface area contributed by atoms with E-state index in [2.05, 4.69) is 6.92 Å². The zero-order chi connectivity index (χ0) is 13.7. The van der Waals surface area contributed by atoms with E-state index in [4.69, 9.17) is 22.1 Å². The number of nitrogens with two attached hydrogens (primary N) is 1. The van der Waals surface area contributed by atoms with Gasteiger partial charge in [0.1, 0.15) is 5.75 Å². The van der Waals surface area contributed by atoms with Crippen LogP contribution in [-0.2, 0) is 0 Å². The molecule has 2 rings (SSSR count). The third-order valence-corrected chi connectivity index (χ3v) is 3.87. The Hall–Kier alpha value is -1.32. The lowest BCUT2D eigenvalue weighted by Crippen LogP contribution is -1.99. The smallest absolute Gasteiger partial charge is 0.143 e. The summed E-state index contributed by atoms with van der Waals surface area (Å²) in [6.07, 6.45) is 0.966. The Morgan fingerprint density at radius 3 is 2.58 bits per heavy atom. The van der Waals surface area contributed by atoms with Crippen LogP contribution >= 0.6 is 23.4 Å². The number of para-hydroxylation sites is 1. The van der Waals surface area contributed by atoms with Gasteiger partial charge in [-0.3, -0.25) is 0 Å². The van der Waals surface area contributed by atoms with Gasteiger partial charge in [-0.25, -0.2) is 0 Å². The van der Waals surface area contributed by atoms with E-state index in [-0.39, 0.29) is 0 Å². The van der Waals surface area contributed by atoms with Crippen molar-refractivity contribution < 1.29 is 4.74 Å². The first-order valence-electron chi connectivity index (χ1n) is 6.15. The molecule has 0 aliphatic carbocycles. The Balaban J connectivity index is 2.18. The first kappa shape index (κ1) is 14.1. The van der Waals surface area contributed by atoms with Crippen molar-refractivity contribution >= 4 is 29.1 Å². The Morgan fingerprint density at radius 1 is 1.16 bits per heavy atom. The Kier molecular flexibility index (Phi) is 5.00. The molecule has 0 spiro atoms. The van der Waals surface area contributed by atoms with Crippen molar-refractivity contribution in [3.63, 3.8) is 0 Å². The molecule has 0 bridgehead atoms. The average molecular weight is 294 g/mol. The van der Waals surface area contributed by atoms with Gasteiger partial charge < -0.3 is 10.5 Å². The molecule has 0 fully saturated rings. The van der Waals surface area contributed by atoms with E-state index in [0.29, 0.717) is 12.3 Å². The van der Waals surface area contributed by atoms with Crippen LogP contribution in [0.3, 0.4) is 0 Å². The maximum Gasteiger partial charge on any atom is 0.143 e. The molecule has 0 amide bonds. The van der Waals surface area contributed by atoms with Crippen molar-refractivity contribution in [1.29, 1.82) is 0 Å². The lowest BCUT2D eigenvalue weighted by molar-refractivity contribution is 0.318. The molecule has 0 aliphatic rings. The molecular weight excluding hydrogens is 278 g/mol. The molecule has 0 heterocycles. The summed E-state index contributed by atoms with van der Waals surface area (Å²) in [5.41, 5.74) is 6.82. The molecule has 0 aromatic heterocycles. The average Bonchev–Trinajstić information content (AvgIpc) is 2.42. The number of hydrogen-bond acceptors (Lipinski definition) is 3. The van der Waals surface area contributed by atoms with Gasteiger partial charge in [0.2, 0.25) is 0 Å². The second-order valence-electron chi connectivity index (χ2n) is 4.07. The van der Waals surface area contributed by atoms with Crippen LogP contribution in [-0.4, -0.2) is 6.61 Å². The van der Waals surface area contributed by atoms with E-state index in [9.17, 15) is 0 Å². The SMILES string of the molecule is CCCOc1cccc(Sc2ccc(Cl)cc2)c1N. The number of nitrogen functional groups attached to an aromatic ring is 1. The van der Waals surface area contributed by atoms with Gasteiger partial charge >= 0.3 is 0 Å². The van der Waals surface area contributed by atoms with Crippen molar-refractivity contribution in [3.8, 4) is 5.75 Å². The molecule has 0 aliphatic heterocycles. The molecule has 0 saturated heterocycles. The van der Waals surface area contributed by atoms with Gasteiger partial charge in [0.25, 0.3) is 0 Å². The second-order valence-corrected chi connectivity index (χ2v) is 5.62. The summed E-state index contributed by atoms with van der Waals surface area (Å²) >= 11 is 7.48.